The minimum Gasteiger partial charge on any atom is -0.489 e. The van der Waals surface area contributed by atoms with Crippen LogP contribution < -0.4 is 9.64 Å². The first-order valence-electron chi connectivity index (χ1n) is 7.98. The Morgan fingerprint density at radius 1 is 1.04 bits per heavy atom. The van der Waals surface area contributed by atoms with Gasteiger partial charge in [-0.05, 0) is 61.2 Å². The first-order chi connectivity index (χ1) is 11.3. The molecular weight excluding hydrogens is 293 g/mol. The van der Waals surface area contributed by atoms with Gasteiger partial charge in [-0.1, -0.05) is 6.07 Å². The molecular formula is C19H20FNO2. The van der Waals surface area contributed by atoms with Gasteiger partial charge in [0, 0.05) is 18.7 Å². The fourth-order valence-electron chi connectivity index (χ4n) is 2.84. The summed E-state index contributed by atoms with van der Waals surface area (Å²) in [6.07, 6.45) is 4.27. The molecule has 0 amide bonds. The normalized spacial score (nSPS) is 14.6. The number of carbonyl (C=O) groups is 1. The maximum absolute atomic E-state index is 14.3. The number of hydrogen-bond donors (Lipinski definition) is 0. The van der Waals surface area contributed by atoms with Crippen LogP contribution in [0.5, 0.6) is 5.75 Å². The second-order valence-electron chi connectivity index (χ2n) is 5.81. The number of ether oxygens (including phenoxy) is 1. The quantitative estimate of drug-likeness (QED) is 0.775. The van der Waals surface area contributed by atoms with Crippen LogP contribution in [-0.2, 0) is 6.61 Å². The van der Waals surface area contributed by atoms with Crippen LogP contribution in [0.2, 0.25) is 0 Å². The highest BCUT2D eigenvalue weighted by molar-refractivity contribution is 5.74. The lowest BCUT2D eigenvalue weighted by Gasteiger charge is -2.29. The molecule has 2 aromatic carbocycles. The summed E-state index contributed by atoms with van der Waals surface area (Å²) in [7, 11) is 0. The lowest BCUT2D eigenvalue weighted by Crippen LogP contribution is -2.30. The summed E-state index contributed by atoms with van der Waals surface area (Å²) in [4.78, 5) is 12.7. The second kappa shape index (κ2) is 7.27. The highest BCUT2D eigenvalue weighted by Crippen LogP contribution is 2.24. The highest BCUT2D eigenvalue weighted by atomic mass is 19.1. The van der Waals surface area contributed by atoms with Crippen LogP contribution in [0.25, 0.3) is 0 Å². The van der Waals surface area contributed by atoms with Crippen LogP contribution in [-0.4, -0.2) is 19.4 Å². The van der Waals surface area contributed by atoms with E-state index in [1.807, 2.05) is 12.1 Å². The van der Waals surface area contributed by atoms with Gasteiger partial charge in [-0.15, -0.1) is 0 Å². The van der Waals surface area contributed by atoms with E-state index in [9.17, 15) is 9.18 Å². The van der Waals surface area contributed by atoms with Gasteiger partial charge in [0.05, 0.1) is 5.69 Å². The standard InChI is InChI=1S/C19H20FNO2/c20-18-12-16(6-9-19(18)21-10-2-1-3-11-21)14-23-17-7-4-15(13-22)5-8-17/h4-9,12-13H,1-3,10-11,14H2. The molecule has 2 aromatic rings. The molecule has 0 saturated carbocycles. The summed E-state index contributed by atoms with van der Waals surface area (Å²) in [5, 5.41) is 0. The molecule has 0 N–H and O–H groups in total. The third-order valence-electron chi connectivity index (χ3n) is 4.13. The molecule has 3 rings (SSSR count). The first-order valence-corrected chi connectivity index (χ1v) is 7.98. The van der Waals surface area contributed by atoms with E-state index in [2.05, 4.69) is 4.90 Å². The van der Waals surface area contributed by atoms with E-state index < -0.39 is 0 Å². The number of piperidine rings is 1. The van der Waals surface area contributed by atoms with Gasteiger partial charge in [0.25, 0.3) is 0 Å². The Morgan fingerprint density at radius 3 is 2.43 bits per heavy atom. The summed E-state index contributed by atoms with van der Waals surface area (Å²) in [6, 6.07) is 12.2. The maximum atomic E-state index is 14.3. The number of aldehydes is 1. The molecule has 4 heteroatoms. The predicted molar refractivity (Wildman–Crippen MR) is 88.6 cm³/mol. The summed E-state index contributed by atoms with van der Waals surface area (Å²) in [5.74, 6) is 0.473. The zero-order valence-corrected chi connectivity index (χ0v) is 13.0. The zero-order valence-electron chi connectivity index (χ0n) is 13.0. The summed E-state index contributed by atoms with van der Waals surface area (Å²) in [5.41, 5.74) is 2.08. The van der Waals surface area contributed by atoms with Gasteiger partial charge < -0.3 is 9.64 Å². The lowest BCUT2D eigenvalue weighted by atomic mass is 10.1. The molecule has 1 saturated heterocycles. The SMILES string of the molecule is O=Cc1ccc(OCc2ccc(N3CCCCC3)c(F)c2)cc1. The van der Waals surface area contributed by atoms with Crippen molar-refractivity contribution in [3.63, 3.8) is 0 Å². The largest absolute Gasteiger partial charge is 0.489 e. The van der Waals surface area contributed by atoms with Crippen LogP contribution in [0.3, 0.4) is 0 Å². The Labute approximate surface area is 135 Å². The van der Waals surface area contributed by atoms with Crippen LogP contribution in [0.4, 0.5) is 10.1 Å². The number of anilines is 1. The Bertz CT molecular complexity index is 664. The Hall–Kier alpha value is -2.36. The van der Waals surface area contributed by atoms with E-state index in [1.54, 1.807) is 30.3 Å². The summed E-state index contributed by atoms with van der Waals surface area (Å²) >= 11 is 0. The number of carbonyl (C=O) groups excluding carboxylic acids is 1. The average Bonchev–Trinajstić information content (AvgIpc) is 2.61. The molecule has 0 radical (unpaired) electrons. The van der Waals surface area contributed by atoms with Crippen LogP contribution in [0.15, 0.2) is 42.5 Å². The minimum atomic E-state index is -0.190. The van der Waals surface area contributed by atoms with Crippen molar-refractivity contribution < 1.29 is 13.9 Å². The molecule has 0 bridgehead atoms. The molecule has 0 atom stereocenters. The van der Waals surface area contributed by atoms with Crippen LogP contribution >= 0.6 is 0 Å². The summed E-state index contributed by atoms with van der Waals surface area (Å²) in [6.45, 7) is 2.16. The molecule has 0 unspecified atom stereocenters. The van der Waals surface area contributed by atoms with Gasteiger partial charge in [-0.2, -0.15) is 0 Å². The van der Waals surface area contributed by atoms with Gasteiger partial charge >= 0.3 is 0 Å². The van der Waals surface area contributed by atoms with Crippen LogP contribution in [0, 0.1) is 5.82 Å². The molecule has 0 aromatic heterocycles. The molecule has 3 nitrogen and oxygen atoms in total. The Balaban J connectivity index is 1.63. The van der Waals surface area contributed by atoms with Crippen molar-refractivity contribution in [2.24, 2.45) is 0 Å². The Kier molecular flexibility index (Phi) is 4.91. The Morgan fingerprint density at radius 2 is 1.78 bits per heavy atom. The number of halogens is 1. The first kappa shape index (κ1) is 15.5. The number of hydrogen-bond acceptors (Lipinski definition) is 3. The van der Waals surface area contributed by atoms with Crippen molar-refractivity contribution in [1.82, 2.24) is 0 Å². The molecule has 0 aliphatic carbocycles. The van der Waals surface area contributed by atoms with E-state index in [0.717, 1.165) is 37.8 Å². The molecule has 120 valence electrons. The minimum absolute atomic E-state index is 0.190. The molecule has 0 spiro atoms. The third kappa shape index (κ3) is 3.89. The molecule has 1 heterocycles. The van der Waals surface area contributed by atoms with E-state index in [4.69, 9.17) is 4.74 Å². The lowest BCUT2D eigenvalue weighted by molar-refractivity contribution is 0.112. The van der Waals surface area contributed by atoms with Crippen LogP contribution in [0.1, 0.15) is 35.2 Å². The van der Waals surface area contributed by atoms with Crippen molar-refractivity contribution in [3.8, 4) is 5.75 Å². The number of benzene rings is 2. The fraction of sp³-hybridized carbons (Fsp3) is 0.316. The van der Waals surface area contributed by atoms with E-state index in [-0.39, 0.29) is 5.82 Å². The molecule has 23 heavy (non-hydrogen) atoms. The number of rotatable bonds is 5. The van der Waals surface area contributed by atoms with E-state index in [1.165, 1.54) is 6.42 Å². The van der Waals surface area contributed by atoms with E-state index in [0.29, 0.717) is 23.6 Å². The average molecular weight is 313 g/mol. The van der Waals surface area contributed by atoms with Gasteiger partial charge in [-0.25, -0.2) is 4.39 Å². The zero-order chi connectivity index (χ0) is 16.1. The van der Waals surface area contributed by atoms with Gasteiger partial charge in [0.15, 0.2) is 0 Å². The topological polar surface area (TPSA) is 29.5 Å². The molecule has 1 fully saturated rings. The smallest absolute Gasteiger partial charge is 0.150 e. The van der Waals surface area contributed by atoms with Crippen molar-refractivity contribution in [3.05, 3.63) is 59.4 Å². The van der Waals surface area contributed by atoms with Crippen molar-refractivity contribution in [2.75, 3.05) is 18.0 Å². The van der Waals surface area contributed by atoms with Gasteiger partial charge in [-0.3, -0.25) is 4.79 Å². The van der Waals surface area contributed by atoms with Gasteiger partial charge in [0.2, 0.25) is 0 Å². The van der Waals surface area contributed by atoms with Gasteiger partial charge in [0.1, 0.15) is 24.5 Å². The monoisotopic (exact) mass is 313 g/mol. The third-order valence-corrected chi connectivity index (χ3v) is 4.13. The predicted octanol–water partition coefficient (Wildman–Crippen LogP) is 4.21. The van der Waals surface area contributed by atoms with E-state index >= 15 is 0 Å². The molecule has 1 aliphatic rings. The molecule has 1 aliphatic heterocycles. The maximum Gasteiger partial charge on any atom is 0.150 e. The van der Waals surface area contributed by atoms with Crippen molar-refractivity contribution >= 4 is 12.0 Å². The van der Waals surface area contributed by atoms with Crippen molar-refractivity contribution in [1.29, 1.82) is 0 Å². The second-order valence-corrected chi connectivity index (χ2v) is 5.81. The summed E-state index contributed by atoms with van der Waals surface area (Å²) < 4.78 is 20.0. The highest BCUT2D eigenvalue weighted by Gasteiger charge is 2.15. The number of nitrogens with zero attached hydrogens (tertiary/aromatic N) is 1. The van der Waals surface area contributed by atoms with Crippen molar-refractivity contribution in [2.45, 2.75) is 25.9 Å². The fourth-order valence-corrected chi connectivity index (χ4v) is 2.84.